The number of methoxy groups -OCH3 is 3. The third-order valence-electron chi connectivity index (χ3n) is 6.40. The largest absolute Gasteiger partial charge is 0.507 e. The van der Waals surface area contributed by atoms with E-state index >= 15 is 0 Å². The molecule has 4 aromatic rings. The van der Waals surface area contributed by atoms with Crippen molar-refractivity contribution < 1.29 is 33.6 Å². The topological polar surface area (TPSA) is 107 Å². The standard InChI is InChI=1S/C29H26N2O7S/c1-5-38-18-13-14-20-22(15-18)39-29(30-20)31-24(19-7-6-8-21(36-3)27(19)37-4)23(26(33)28(31)34)25(32)16-9-11-17(35-2)12-10-16/h6-15,24,32H,5H2,1-4H3/t24-/m0/s1. The second-order valence-corrected chi connectivity index (χ2v) is 9.55. The first-order valence-corrected chi connectivity index (χ1v) is 12.9. The molecule has 0 bridgehead atoms. The van der Waals surface area contributed by atoms with Crippen molar-refractivity contribution in [2.45, 2.75) is 13.0 Å². The number of ether oxygens (including phenoxy) is 4. The molecule has 0 spiro atoms. The number of fused-ring (bicyclic) bond motifs is 1. The second-order valence-electron chi connectivity index (χ2n) is 8.54. The number of benzene rings is 3. The van der Waals surface area contributed by atoms with Crippen LogP contribution in [0.4, 0.5) is 5.13 Å². The van der Waals surface area contributed by atoms with Crippen molar-refractivity contribution in [2.24, 2.45) is 0 Å². The number of amides is 1. The summed E-state index contributed by atoms with van der Waals surface area (Å²) in [4.78, 5) is 33.2. The number of carbonyl (C=O) groups is 2. The molecule has 1 fully saturated rings. The smallest absolute Gasteiger partial charge is 0.301 e. The number of thiazole rings is 1. The molecule has 1 amide bonds. The third-order valence-corrected chi connectivity index (χ3v) is 7.42. The van der Waals surface area contributed by atoms with Crippen LogP contribution in [0.2, 0.25) is 0 Å². The Morgan fingerprint density at radius 3 is 2.38 bits per heavy atom. The third kappa shape index (κ3) is 4.52. The monoisotopic (exact) mass is 546 g/mol. The zero-order valence-electron chi connectivity index (χ0n) is 21.8. The van der Waals surface area contributed by atoms with Gasteiger partial charge >= 0.3 is 5.91 Å². The maximum atomic E-state index is 13.6. The normalized spacial score (nSPS) is 16.5. The number of anilines is 1. The number of carbonyl (C=O) groups excluding carboxylic acids is 2. The molecule has 0 saturated carbocycles. The van der Waals surface area contributed by atoms with Crippen LogP contribution in [0.25, 0.3) is 16.0 Å². The molecule has 9 nitrogen and oxygen atoms in total. The Morgan fingerprint density at radius 2 is 1.72 bits per heavy atom. The lowest BCUT2D eigenvalue weighted by molar-refractivity contribution is -0.132. The van der Waals surface area contributed by atoms with E-state index in [1.54, 1.807) is 54.6 Å². The van der Waals surface area contributed by atoms with E-state index in [0.29, 0.717) is 51.4 Å². The fourth-order valence-corrected chi connectivity index (χ4v) is 5.63. The Hall–Kier alpha value is -4.57. The molecule has 0 radical (unpaired) electrons. The van der Waals surface area contributed by atoms with Crippen LogP contribution in [0, 0.1) is 0 Å². The summed E-state index contributed by atoms with van der Waals surface area (Å²) in [5.74, 6) is 0.0178. The van der Waals surface area contributed by atoms with E-state index < -0.39 is 17.7 Å². The number of nitrogens with zero attached hydrogens (tertiary/aromatic N) is 2. The fourth-order valence-electron chi connectivity index (χ4n) is 4.61. The number of Topliss-reactive ketones (excluding diaryl/α,β-unsaturated/α-hetero) is 1. The lowest BCUT2D eigenvalue weighted by Gasteiger charge is -2.25. The second kappa shape index (κ2) is 10.7. The molecule has 0 unspecified atom stereocenters. The highest BCUT2D eigenvalue weighted by atomic mass is 32.1. The van der Waals surface area contributed by atoms with Gasteiger partial charge in [0.15, 0.2) is 16.6 Å². The van der Waals surface area contributed by atoms with Gasteiger partial charge in [-0.2, -0.15) is 0 Å². The highest BCUT2D eigenvalue weighted by Gasteiger charge is 2.49. The van der Waals surface area contributed by atoms with E-state index in [9.17, 15) is 14.7 Å². The van der Waals surface area contributed by atoms with E-state index in [-0.39, 0.29) is 11.3 Å². The van der Waals surface area contributed by atoms with Crippen molar-refractivity contribution in [3.05, 3.63) is 77.4 Å². The minimum atomic E-state index is -1.04. The average Bonchev–Trinajstić information content (AvgIpc) is 3.49. The van der Waals surface area contributed by atoms with Crippen LogP contribution in [-0.4, -0.2) is 49.7 Å². The summed E-state index contributed by atoms with van der Waals surface area (Å²) in [5.41, 5.74) is 1.37. The molecule has 2 heterocycles. The molecule has 1 N–H and O–H groups in total. The number of hydrogen-bond acceptors (Lipinski definition) is 9. The molecule has 1 saturated heterocycles. The molecule has 1 aliphatic rings. The molecule has 0 aliphatic carbocycles. The van der Waals surface area contributed by atoms with Crippen molar-refractivity contribution >= 4 is 44.1 Å². The van der Waals surface area contributed by atoms with Gasteiger partial charge in [0, 0.05) is 11.1 Å². The number of rotatable bonds is 8. The number of ketones is 1. The summed E-state index contributed by atoms with van der Waals surface area (Å²) in [5, 5.41) is 11.7. The molecule has 39 heavy (non-hydrogen) atoms. The summed E-state index contributed by atoms with van der Waals surface area (Å²) in [6.45, 7) is 2.40. The highest BCUT2D eigenvalue weighted by Crippen LogP contribution is 2.48. The van der Waals surface area contributed by atoms with Gasteiger partial charge < -0.3 is 24.1 Å². The Kier molecular flexibility index (Phi) is 7.12. The van der Waals surface area contributed by atoms with Crippen LogP contribution in [0.5, 0.6) is 23.0 Å². The van der Waals surface area contributed by atoms with Crippen LogP contribution >= 0.6 is 11.3 Å². The van der Waals surface area contributed by atoms with Crippen LogP contribution in [0.1, 0.15) is 24.1 Å². The van der Waals surface area contributed by atoms with E-state index in [1.165, 1.54) is 37.6 Å². The van der Waals surface area contributed by atoms with Crippen LogP contribution in [0.3, 0.4) is 0 Å². The summed E-state index contributed by atoms with van der Waals surface area (Å²) in [6, 6.07) is 16.1. The number of aliphatic hydroxyl groups excluding tert-OH is 1. The highest BCUT2D eigenvalue weighted by molar-refractivity contribution is 7.22. The molecular weight excluding hydrogens is 520 g/mol. The van der Waals surface area contributed by atoms with E-state index in [1.807, 2.05) is 13.0 Å². The maximum absolute atomic E-state index is 13.6. The Morgan fingerprint density at radius 1 is 0.974 bits per heavy atom. The van der Waals surface area contributed by atoms with E-state index in [2.05, 4.69) is 4.98 Å². The zero-order chi connectivity index (χ0) is 27.7. The summed E-state index contributed by atoms with van der Waals surface area (Å²) < 4.78 is 22.8. The lowest BCUT2D eigenvalue weighted by atomic mass is 9.94. The predicted octanol–water partition coefficient (Wildman–Crippen LogP) is 5.35. The predicted molar refractivity (Wildman–Crippen MR) is 148 cm³/mol. The van der Waals surface area contributed by atoms with Crippen molar-refractivity contribution in [1.82, 2.24) is 4.98 Å². The van der Waals surface area contributed by atoms with E-state index in [0.717, 1.165) is 4.70 Å². The maximum Gasteiger partial charge on any atom is 0.301 e. The summed E-state index contributed by atoms with van der Waals surface area (Å²) in [6.07, 6.45) is 0. The SMILES string of the molecule is CCOc1ccc2nc(N3C(=O)C(=O)C(=C(O)c4ccc(OC)cc4)[C@@H]3c3cccc(OC)c3OC)sc2c1. The summed E-state index contributed by atoms with van der Waals surface area (Å²) >= 11 is 1.25. The van der Waals surface area contributed by atoms with E-state index in [4.69, 9.17) is 18.9 Å². The lowest BCUT2D eigenvalue weighted by Crippen LogP contribution is -2.29. The number of aromatic nitrogens is 1. The Bertz CT molecular complexity index is 1590. The first-order valence-electron chi connectivity index (χ1n) is 12.1. The van der Waals surface area contributed by atoms with Gasteiger partial charge in [0.05, 0.1) is 43.7 Å². The van der Waals surface area contributed by atoms with Gasteiger partial charge in [0.1, 0.15) is 23.3 Å². The van der Waals surface area contributed by atoms with Gasteiger partial charge in [0.2, 0.25) is 0 Å². The average molecular weight is 547 g/mol. The van der Waals surface area contributed by atoms with Crippen molar-refractivity contribution in [3.8, 4) is 23.0 Å². The van der Waals surface area contributed by atoms with Gasteiger partial charge in [-0.05, 0) is 55.5 Å². The zero-order valence-corrected chi connectivity index (χ0v) is 22.6. The Labute approximate surface area is 228 Å². The van der Waals surface area contributed by atoms with Crippen LogP contribution in [0.15, 0.2) is 66.2 Å². The first kappa shape index (κ1) is 26.1. The van der Waals surface area contributed by atoms with Crippen molar-refractivity contribution in [1.29, 1.82) is 0 Å². The molecule has 1 aliphatic heterocycles. The quantitative estimate of drug-likeness (QED) is 0.179. The minimum Gasteiger partial charge on any atom is -0.507 e. The van der Waals surface area contributed by atoms with Crippen LogP contribution < -0.4 is 23.8 Å². The molecule has 1 aromatic heterocycles. The molecule has 5 rings (SSSR count). The van der Waals surface area contributed by atoms with Gasteiger partial charge in [0.25, 0.3) is 5.78 Å². The van der Waals surface area contributed by atoms with Gasteiger partial charge in [-0.15, -0.1) is 0 Å². The number of aliphatic hydroxyl groups is 1. The fraction of sp³-hybridized carbons (Fsp3) is 0.207. The number of para-hydroxylation sites is 1. The Balaban J connectivity index is 1.74. The minimum absolute atomic E-state index is 0.0917. The first-order chi connectivity index (χ1) is 18.9. The van der Waals surface area contributed by atoms with Gasteiger partial charge in [-0.1, -0.05) is 23.5 Å². The molecule has 1 atom stereocenters. The molecular formula is C29H26N2O7S. The summed E-state index contributed by atoms with van der Waals surface area (Å²) in [7, 11) is 4.51. The van der Waals surface area contributed by atoms with Gasteiger partial charge in [-0.3, -0.25) is 14.5 Å². The number of hydrogen-bond donors (Lipinski definition) is 1. The van der Waals surface area contributed by atoms with Crippen molar-refractivity contribution in [2.75, 3.05) is 32.8 Å². The van der Waals surface area contributed by atoms with Gasteiger partial charge in [-0.25, -0.2) is 4.98 Å². The molecule has 3 aromatic carbocycles. The van der Waals surface area contributed by atoms with Crippen LogP contribution in [-0.2, 0) is 9.59 Å². The molecule has 200 valence electrons. The van der Waals surface area contributed by atoms with Crippen molar-refractivity contribution in [3.63, 3.8) is 0 Å². The molecule has 10 heteroatoms.